The second-order valence-electron chi connectivity index (χ2n) is 5.14. The van der Waals surface area contributed by atoms with Crippen molar-refractivity contribution >= 4 is 17.6 Å². The molecule has 1 aromatic rings. The van der Waals surface area contributed by atoms with Crippen molar-refractivity contribution in [1.29, 1.82) is 0 Å². The lowest BCUT2D eigenvalue weighted by Gasteiger charge is -2.30. The van der Waals surface area contributed by atoms with Crippen molar-refractivity contribution < 1.29 is 14.3 Å². The minimum atomic E-state index is -0.408. The van der Waals surface area contributed by atoms with Gasteiger partial charge in [0.05, 0.1) is 23.8 Å². The van der Waals surface area contributed by atoms with Gasteiger partial charge in [0, 0.05) is 12.6 Å². The normalized spacial score (nSPS) is 18.1. The molecule has 0 fully saturated rings. The number of hydrogen-bond donors (Lipinski definition) is 0. The van der Waals surface area contributed by atoms with Gasteiger partial charge in [0.2, 0.25) is 5.91 Å². The number of nitrogens with zero attached hydrogens (tertiary/aromatic N) is 2. The summed E-state index contributed by atoms with van der Waals surface area (Å²) in [5.74, 6) is -0.935. The van der Waals surface area contributed by atoms with Gasteiger partial charge in [-0.25, -0.2) is 9.80 Å². The van der Waals surface area contributed by atoms with Gasteiger partial charge >= 0.3 is 5.97 Å². The lowest BCUT2D eigenvalue weighted by atomic mass is 9.85. The Morgan fingerprint density at radius 2 is 1.86 bits per heavy atom. The van der Waals surface area contributed by atoms with Crippen molar-refractivity contribution in [2.45, 2.75) is 33.6 Å². The maximum Gasteiger partial charge on any atom is 0.336 e. The van der Waals surface area contributed by atoms with Gasteiger partial charge in [-0.3, -0.25) is 4.79 Å². The molecule has 1 unspecified atom stereocenters. The van der Waals surface area contributed by atoms with Crippen LogP contribution in [0.3, 0.4) is 0 Å². The van der Waals surface area contributed by atoms with Gasteiger partial charge in [0.15, 0.2) is 0 Å². The van der Waals surface area contributed by atoms with Crippen LogP contribution in [0.25, 0.3) is 0 Å². The van der Waals surface area contributed by atoms with E-state index in [0.29, 0.717) is 17.0 Å². The standard InChI is InChI=1S/C17H20N2O3/c1-5-22-17(21)16-12(3)19(13(4)20)18-11(2)15(16)14-9-7-6-8-10-14/h6-10,15H,5H2,1-4H3. The molecule has 116 valence electrons. The molecular formula is C17H20N2O3. The number of ether oxygens (including phenoxy) is 1. The summed E-state index contributed by atoms with van der Waals surface area (Å²) in [7, 11) is 0. The summed E-state index contributed by atoms with van der Waals surface area (Å²) in [5.41, 5.74) is 2.63. The molecule has 0 N–H and O–H groups in total. The number of amides is 1. The molecule has 1 aromatic carbocycles. The van der Waals surface area contributed by atoms with Crippen molar-refractivity contribution in [3.05, 3.63) is 47.2 Å². The first-order valence-electron chi connectivity index (χ1n) is 7.26. The summed E-state index contributed by atoms with van der Waals surface area (Å²) < 4.78 is 5.19. The van der Waals surface area contributed by atoms with Crippen LogP contribution in [0.2, 0.25) is 0 Å². The van der Waals surface area contributed by atoms with E-state index in [0.717, 1.165) is 5.56 Å². The van der Waals surface area contributed by atoms with Crippen LogP contribution < -0.4 is 0 Å². The summed E-state index contributed by atoms with van der Waals surface area (Å²) in [4.78, 5) is 24.2. The predicted molar refractivity (Wildman–Crippen MR) is 84.1 cm³/mol. The maximum absolute atomic E-state index is 12.4. The highest BCUT2D eigenvalue weighted by Gasteiger charge is 2.35. The molecule has 2 rings (SSSR count). The quantitative estimate of drug-likeness (QED) is 0.806. The fourth-order valence-electron chi connectivity index (χ4n) is 2.66. The third-order valence-electron chi connectivity index (χ3n) is 3.60. The second kappa shape index (κ2) is 6.56. The Hall–Kier alpha value is -2.43. The fourth-order valence-corrected chi connectivity index (χ4v) is 2.66. The van der Waals surface area contributed by atoms with Crippen LogP contribution in [0.1, 0.15) is 39.2 Å². The lowest BCUT2D eigenvalue weighted by molar-refractivity contribution is -0.139. The van der Waals surface area contributed by atoms with E-state index < -0.39 is 5.97 Å². The van der Waals surface area contributed by atoms with Crippen LogP contribution in [0.15, 0.2) is 46.7 Å². The zero-order chi connectivity index (χ0) is 16.3. The minimum absolute atomic E-state index is 0.231. The Morgan fingerprint density at radius 1 is 1.23 bits per heavy atom. The third kappa shape index (κ3) is 2.93. The van der Waals surface area contributed by atoms with Crippen LogP contribution >= 0.6 is 0 Å². The van der Waals surface area contributed by atoms with E-state index in [9.17, 15) is 9.59 Å². The zero-order valence-corrected chi connectivity index (χ0v) is 13.3. The fraction of sp³-hybridized carbons (Fsp3) is 0.353. The lowest BCUT2D eigenvalue weighted by Crippen LogP contribution is -2.34. The number of carbonyl (C=O) groups excluding carboxylic acids is 2. The summed E-state index contributed by atoms with van der Waals surface area (Å²) in [5, 5.41) is 5.61. The average molecular weight is 300 g/mol. The number of esters is 1. The van der Waals surface area contributed by atoms with Crippen molar-refractivity contribution in [2.24, 2.45) is 5.10 Å². The Bertz CT molecular complexity index is 647. The van der Waals surface area contributed by atoms with E-state index >= 15 is 0 Å². The number of hydrogen-bond acceptors (Lipinski definition) is 4. The highest BCUT2D eigenvalue weighted by molar-refractivity contribution is 6.05. The van der Waals surface area contributed by atoms with E-state index in [-0.39, 0.29) is 18.4 Å². The monoisotopic (exact) mass is 300 g/mol. The highest BCUT2D eigenvalue weighted by atomic mass is 16.5. The second-order valence-corrected chi connectivity index (χ2v) is 5.14. The molecule has 22 heavy (non-hydrogen) atoms. The predicted octanol–water partition coefficient (Wildman–Crippen LogP) is 2.85. The molecule has 0 bridgehead atoms. The number of carbonyl (C=O) groups is 2. The molecule has 1 aliphatic rings. The van der Waals surface area contributed by atoms with E-state index in [2.05, 4.69) is 5.10 Å². The van der Waals surface area contributed by atoms with Crippen LogP contribution in [-0.2, 0) is 14.3 Å². The number of benzene rings is 1. The molecule has 0 radical (unpaired) electrons. The minimum Gasteiger partial charge on any atom is -0.463 e. The first-order chi connectivity index (χ1) is 10.5. The van der Waals surface area contributed by atoms with Gasteiger partial charge in [-0.15, -0.1) is 0 Å². The number of hydrazone groups is 1. The maximum atomic E-state index is 12.4. The van der Waals surface area contributed by atoms with Crippen molar-refractivity contribution in [1.82, 2.24) is 5.01 Å². The molecular weight excluding hydrogens is 280 g/mol. The van der Waals surface area contributed by atoms with Gasteiger partial charge in [0.1, 0.15) is 0 Å². The highest BCUT2D eigenvalue weighted by Crippen LogP contribution is 2.34. The summed E-state index contributed by atoms with van der Waals surface area (Å²) in [6.07, 6.45) is 0. The first kappa shape index (κ1) is 15.9. The summed E-state index contributed by atoms with van der Waals surface area (Å²) in [6, 6.07) is 9.64. The van der Waals surface area contributed by atoms with Gasteiger partial charge < -0.3 is 4.74 Å². The van der Waals surface area contributed by atoms with E-state index in [1.54, 1.807) is 13.8 Å². The van der Waals surface area contributed by atoms with Gasteiger partial charge in [0.25, 0.3) is 0 Å². The Morgan fingerprint density at radius 3 is 2.41 bits per heavy atom. The van der Waals surface area contributed by atoms with Crippen molar-refractivity contribution in [2.75, 3.05) is 6.61 Å². The largest absolute Gasteiger partial charge is 0.463 e. The van der Waals surface area contributed by atoms with Gasteiger partial charge in [-0.2, -0.15) is 5.10 Å². The molecule has 0 aliphatic carbocycles. The molecule has 5 nitrogen and oxygen atoms in total. The van der Waals surface area contributed by atoms with Crippen molar-refractivity contribution in [3.63, 3.8) is 0 Å². The Kier molecular flexibility index (Phi) is 4.75. The molecule has 1 atom stereocenters. The molecule has 5 heteroatoms. The SMILES string of the molecule is CCOC(=O)C1=C(C)N(C(C)=O)N=C(C)C1c1ccccc1. The Balaban J connectivity index is 2.57. The van der Waals surface area contributed by atoms with Crippen LogP contribution in [0.5, 0.6) is 0 Å². The number of rotatable bonds is 3. The third-order valence-corrected chi connectivity index (χ3v) is 3.60. The topological polar surface area (TPSA) is 59.0 Å². The first-order valence-corrected chi connectivity index (χ1v) is 7.26. The molecule has 1 heterocycles. The number of allylic oxidation sites excluding steroid dienone is 1. The van der Waals surface area contributed by atoms with Crippen LogP contribution in [0.4, 0.5) is 0 Å². The Labute approximate surface area is 130 Å². The molecule has 0 aromatic heterocycles. The molecule has 1 aliphatic heterocycles. The average Bonchev–Trinajstić information content (AvgIpc) is 2.49. The zero-order valence-electron chi connectivity index (χ0n) is 13.3. The molecule has 0 spiro atoms. The molecule has 0 saturated heterocycles. The summed E-state index contributed by atoms with van der Waals surface area (Å²) in [6.45, 7) is 7.01. The molecule has 1 amide bonds. The smallest absolute Gasteiger partial charge is 0.336 e. The van der Waals surface area contributed by atoms with E-state index in [1.807, 2.05) is 37.3 Å². The van der Waals surface area contributed by atoms with Gasteiger partial charge in [-0.1, -0.05) is 30.3 Å². The van der Waals surface area contributed by atoms with Gasteiger partial charge in [-0.05, 0) is 26.3 Å². The van der Waals surface area contributed by atoms with Crippen LogP contribution in [-0.4, -0.2) is 29.2 Å². The van der Waals surface area contributed by atoms with Crippen molar-refractivity contribution in [3.8, 4) is 0 Å². The molecule has 0 saturated carbocycles. The van der Waals surface area contributed by atoms with E-state index in [1.165, 1.54) is 11.9 Å². The van der Waals surface area contributed by atoms with E-state index in [4.69, 9.17) is 4.74 Å². The van der Waals surface area contributed by atoms with Crippen LogP contribution in [0, 0.1) is 0 Å². The summed E-state index contributed by atoms with van der Waals surface area (Å²) >= 11 is 0.